The molecule has 1 rings (SSSR count). The molecule has 1 aromatic heterocycles. The number of carbonyl (C=O) groups excluding carboxylic acids is 1. The van der Waals surface area contributed by atoms with Crippen molar-refractivity contribution in [2.75, 3.05) is 12.3 Å². The van der Waals surface area contributed by atoms with E-state index < -0.39 is 12.4 Å². The number of alkyl halides is 2. The number of esters is 1. The molecule has 0 aliphatic rings. The Labute approximate surface area is 111 Å². The second-order valence-corrected chi connectivity index (χ2v) is 4.34. The van der Waals surface area contributed by atoms with Crippen LogP contribution >= 0.6 is 22.6 Å². The largest absolute Gasteiger partial charge is 0.466 e. The van der Waals surface area contributed by atoms with Crippen LogP contribution in [0.2, 0.25) is 0 Å². The Balaban J connectivity index is 2.99. The van der Waals surface area contributed by atoms with Crippen molar-refractivity contribution in [3.8, 4) is 0 Å². The molecule has 0 aliphatic heterocycles. The molecule has 94 valence electrons. The number of aromatic nitrogens is 1. The van der Waals surface area contributed by atoms with Crippen molar-refractivity contribution in [2.24, 2.45) is 0 Å². The Morgan fingerprint density at radius 3 is 2.82 bits per heavy atom. The summed E-state index contributed by atoms with van der Waals surface area (Å²) in [6.45, 7) is 1.89. The first-order valence-corrected chi connectivity index (χ1v) is 5.92. The fraction of sp³-hybridized carbons (Fsp3) is 0.400. The van der Waals surface area contributed by atoms with E-state index in [1.807, 2.05) is 0 Å². The standard InChI is InChI=1S/C10H11F2IN2O2/c1-2-17-8(16)4-7-6(14)3-5(13)9(15-7)10(11)12/h3,10H,2,4,14H2,1H3. The second-order valence-electron chi connectivity index (χ2n) is 3.17. The van der Waals surface area contributed by atoms with E-state index in [4.69, 9.17) is 10.5 Å². The minimum atomic E-state index is -2.69. The zero-order chi connectivity index (χ0) is 13.0. The van der Waals surface area contributed by atoms with Crippen LogP contribution in [-0.2, 0) is 16.0 Å². The number of nitrogens with zero attached hydrogens (tertiary/aromatic N) is 1. The minimum Gasteiger partial charge on any atom is -0.466 e. The number of rotatable bonds is 4. The van der Waals surface area contributed by atoms with Gasteiger partial charge in [0.25, 0.3) is 6.43 Å². The molecule has 0 saturated carbocycles. The Hall–Kier alpha value is -0.990. The van der Waals surface area contributed by atoms with E-state index in [-0.39, 0.29) is 33.7 Å². The monoisotopic (exact) mass is 356 g/mol. The smallest absolute Gasteiger partial charge is 0.311 e. The van der Waals surface area contributed by atoms with Gasteiger partial charge in [0, 0.05) is 3.57 Å². The molecule has 0 saturated heterocycles. The first kappa shape index (κ1) is 14.1. The normalized spacial score (nSPS) is 10.6. The quantitative estimate of drug-likeness (QED) is 0.664. The molecule has 1 heterocycles. The highest BCUT2D eigenvalue weighted by atomic mass is 127. The van der Waals surface area contributed by atoms with Gasteiger partial charge >= 0.3 is 5.97 Å². The zero-order valence-electron chi connectivity index (χ0n) is 9.04. The third-order valence-corrected chi connectivity index (χ3v) is 2.80. The number of halogens is 3. The van der Waals surface area contributed by atoms with Crippen LogP contribution in [0.1, 0.15) is 24.7 Å². The molecule has 17 heavy (non-hydrogen) atoms. The van der Waals surface area contributed by atoms with Gasteiger partial charge in [0.05, 0.1) is 24.4 Å². The molecular weight excluding hydrogens is 345 g/mol. The van der Waals surface area contributed by atoms with Crippen molar-refractivity contribution in [1.29, 1.82) is 0 Å². The van der Waals surface area contributed by atoms with Gasteiger partial charge in [-0.25, -0.2) is 13.8 Å². The molecule has 0 aromatic carbocycles. The second kappa shape index (κ2) is 6.08. The number of nitrogen functional groups attached to an aromatic ring is 1. The Morgan fingerprint density at radius 1 is 1.65 bits per heavy atom. The van der Waals surface area contributed by atoms with E-state index in [1.165, 1.54) is 6.07 Å². The van der Waals surface area contributed by atoms with Gasteiger partial charge < -0.3 is 10.5 Å². The summed E-state index contributed by atoms with van der Waals surface area (Å²) in [4.78, 5) is 14.9. The van der Waals surface area contributed by atoms with Crippen molar-refractivity contribution < 1.29 is 18.3 Å². The van der Waals surface area contributed by atoms with Crippen molar-refractivity contribution in [3.63, 3.8) is 0 Å². The van der Waals surface area contributed by atoms with E-state index in [2.05, 4.69) is 4.98 Å². The maximum Gasteiger partial charge on any atom is 0.311 e. The van der Waals surface area contributed by atoms with E-state index in [0.717, 1.165) is 0 Å². The number of carbonyl (C=O) groups is 1. The Kier molecular flexibility index (Phi) is 5.03. The van der Waals surface area contributed by atoms with Gasteiger partial charge in [-0.1, -0.05) is 0 Å². The summed E-state index contributed by atoms with van der Waals surface area (Å²) in [7, 11) is 0. The molecule has 4 nitrogen and oxygen atoms in total. The number of ether oxygens (including phenoxy) is 1. The van der Waals surface area contributed by atoms with Gasteiger partial charge in [0.2, 0.25) is 0 Å². The van der Waals surface area contributed by atoms with Gasteiger partial charge in [-0.3, -0.25) is 4.79 Å². The van der Waals surface area contributed by atoms with Crippen LogP contribution in [0.3, 0.4) is 0 Å². The molecule has 0 radical (unpaired) electrons. The molecule has 0 unspecified atom stereocenters. The minimum absolute atomic E-state index is 0.124. The molecule has 0 spiro atoms. The predicted molar refractivity (Wildman–Crippen MR) is 66.7 cm³/mol. The molecular formula is C10H11F2IN2O2. The molecule has 0 bridgehead atoms. The number of hydrogen-bond acceptors (Lipinski definition) is 4. The summed E-state index contributed by atoms with van der Waals surface area (Å²) in [6, 6.07) is 1.38. The zero-order valence-corrected chi connectivity index (χ0v) is 11.2. The Bertz CT molecular complexity index is 427. The van der Waals surface area contributed by atoms with Gasteiger partial charge in [-0.05, 0) is 35.6 Å². The summed E-state index contributed by atoms with van der Waals surface area (Å²) >= 11 is 1.73. The van der Waals surface area contributed by atoms with E-state index in [9.17, 15) is 13.6 Å². The third-order valence-electron chi connectivity index (χ3n) is 1.94. The predicted octanol–water partition coefficient (Wildman–Crippen LogP) is 2.31. The van der Waals surface area contributed by atoms with Crippen LogP contribution in [0.25, 0.3) is 0 Å². The molecule has 7 heteroatoms. The highest BCUT2D eigenvalue weighted by Crippen LogP contribution is 2.26. The fourth-order valence-electron chi connectivity index (χ4n) is 1.20. The van der Waals surface area contributed by atoms with Crippen LogP contribution in [-0.4, -0.2) is 17.6 Å². The van der Waals surface area contributed by atoms with E-state index in [0.29, 0.717) is 0 Å². The topological polar surface area (TPSA) is 65.2 Å². The molecule has 0 aliphatic carbocycles. The maximum absolute atomic E-state index is 12.6. The molecule has 1 aromatic rings. The van der Waals surface area contributed by atoms with Crippen LogP contribution in [0.15, 0.2) is 6.07 Å². The van der Waals surface area contributed by atoms with Crippen LogP contribution in [0.5, 0.6) is 0 Å². The summed E-state index contributed by atoms with van der Waals surface area (Å²) in [6.07, 6.45) is -2.89. The van der Waals surface area contributed by atoms with Gasteiger partial charge in [0.1, 0.15) is 5.69 Å². The van der Waals surface area contributed by atoms with Gasteiger partial charge in [0.15, 0.2) is 0 Å². The highest BCUT2D eigenvalue weighted by Gasteiger charge is 2.18. The average molecular weight is 356 g/mol. The first-order valence-electron chi connectivity index (χ1n) is 4.84. The SMILES string of the molecule is CCOC(=O)Cc1nc(C(F)F)c(I)cc1N. The van der Waals surface area contributed by atoms with Crippen molar-refractivity contribution in [2.45, 2.75) is 19.8 Å². The lowest BCUT2D eigenvalue weighted by atomic mass is 10.2. The lowest BCUT2D eigenvalue weighted by Gasteiger charge is -2.09. The number of anilines is 1. The van der Waals surface area contributed by atoms with Crippen molar-refractivity contribution in [3.05, 3.63) is 21.0 Å². The van der Waals surface area contributed by atoms with Crippen molar-refractivity contribution in [1.82, 2.24) is 4.98 Å². The first-order chi connectivity index (χ1) is 7.95. The van der Waals surface area contributed by atoms with Crippen LogP contribution in [0, 0.1) is 3.57 Å². The maximum atomic E-state index is 12.6. The average Bonchev–Trinajstić information content (AvgIpc) is 2.21. The molecule has 2 N–H and O–H groups in total. The van der Waals surface area contributed by atoms with Crippen LogP contribution in [0.4, 0.5) is 14.5 Å². The summed E-state index contributed by atoms with van der Waals surface area (Å²) in [5.41, 5.74) is 5.59. The number of hydrogen-bond donors (Lipinski definition) is 1. The summed E-state index contributed by atoms with van der Waals surface area (Å²) in [5.74, 6) is -0.534. The lowest BCUT2D eigenvalue weighted by Crippen LogP contribution is -2.12. The Morgan fingerprint density at radius 2 is 2.29 bits per heavy atom. The van der Waals surface area contributed by atoms with E-state index >= 15 is 0 Å². The molecule has 0 fully saturated rings. The summed E-state index contributed by atoms with van der Waals surface area (Å²) < 4.78 is 30.2. The number of nitrogens with two attached hydrogens (primary N) is 1. The van der Waals surface area contributed by atoms with Crippen molar-refractivity contribution >= 4 is 34.2 Å². The highest BCUT2D eigenvalue weighted by molar-refractivity contribution is 14.1. The van der Waals surface area contributed by atoms with Gasteiger partial charge in [-0.2, -0.15) is 0 Å². The summed E-state index contributed by atoms with van der Waals surface area (Å²) in [5, 5.41) is 0. The van der Waals surface area contributed by atoms with Gasteiger partial charge in [-0.15, -0.1) is 0 Å². The lowest BCUT2D eigenvalue weighted by molar-refractivity contribution is -0.142. The van der Waals surface area contributed by atoms with Crippen LogP contribution < -0.4 is 5.73 Å². The molecule has 0 atom stereocenters. The molecule has 0 amide bonds. The number of pyridine rings is 1. The third kappa shape index (κ3) is 3.76. The van der Waals surface area contributed by atoms with E-state index in [1.54, 1.807) is 29.5 Å². The fourth-order valence-corrected chi connectivity index (χ4v) is 1.89.